The monoisotopic (exact) mass is 374 g/mol. The van der Waals surface area contributed by atoms with Crippen LogP contribution in [0.1, 0.15) is 34.7 Å². The van der Waals surface area contributed by atoms with Crippen molar-refractivity contribution in [3.63, 3.8) is 0 Å². The number of rotatable bonds is 7. The van der Waals surface area contributed by atoms with Gasteiger partial charge in [0.15, 0.2) is 0 Å². The molecule has 2 heterocycles. The molecule has 26 heavy (non-hydrogen) atoms. The van der Waals surface area contributed by atoms with E-state index in [1.54, 1.807) is 13.0 Å². The highest BCUT2D eigenvalue weighted by Gasteiger charge is 2.16. The number of carbonyl (C=O) groups is 1. The van der Waals surface area contributed by atoms with Crippen molar-refractivity contribution in [2.24, 2.45) is 0 Å². The molecule has 1 unspecified atom stereocenters. The Morgan fingerprint density at radius 2 is 2.23 bits per heavy atom. The van der Waals surface area contributed by atoms with E-state index < -0.39 is 0 Å². The lowest BCUT2D eigenvalue weighted by atomic mass is 10.1. The van der Waals surface area contributed by atoms with Gasteiger partial charge in [-0.3, -0.25) is 4.79 Å². The molecule has 1 aliphatic rings. The zero-order chi connectivity index (χ0) is 18.4. The molecular weight excluding hydrogens is 352 g/mol. The molecule has 6 nitrogen and oxygen atoms in total. The van der Waals surface area contributed by atoms with Gasteiger partial charge in [-0.15, -0.1) is 0 Å². The minimum atomic E-state index is -0.210. The lowest BCUT2D eigenvalue weighted by molar-refractivity contribution is 0.0949. The van der Waals surface area contributed by atoms with E-state index in [2.05, 4.69) is 20.6 Å². The highest BCUT2D eigenvalue weighted by Crippen LogP contribution is 2.14. The van der Waals surface area contributed by atoms with E-state index in [9.17, 15) is 4.79 Å². The molecule has 7 heteroatoms. The fourth-order valence-corrected chi connectivity index (χ4v) is 3.11. The third-order valence-corrected chi connectivity index (χ3v) is 4.43. The molecule has 1 amide bonds. The molecule has 2 aromatic rings. The summed E-state index contributed by atoms with van der Waals surface area (Å²) in [7, 11) is 0. The van der Waals surface area contributed by atoms with Crippen molar-refractivity contribution in [2.45, 2.75) is 32.3 Å². The van der Waals surface area contributed by atoms with Gasteiger partial charge in [0.05, 0.1) is 6.10 Å². The second kappa shape index (κ2) is 8.96. The van der Waals surface area contributed by atoms with E-state index in [1.807, 2.05) is 24.3 Å². The van der Waals surface area contributed by atoms with Crippen molar-refractivity contribution in [1.29, 1.82) is 0 Å². The van der Waals surface area contributed by atoms with Gasteiger partial charge in [0.2, 0.25) is 0 Å². The maximum absolute atomic E-state index is 12.4. The lowest BCUT2D eigenvalue weighted by Crippen LogP contribution is -2.27. The summed E-state index contributed by atoms with van der Waals surface area (Å²) in [6.07, 6.45) is 3.06. The first-order valence-corrected chi connectivity index (χ1v) is 9.22. The van der Waals surface area contributed by atoms with Crippen LogP contribution < -0.4 is 10.6 Å². The van der Waals surface area contributed by atoms with E-state index >= 15 is 0 Å². The molecular formula is C19H23ClN4O2. The topological polar surface area (TPSA) is 76.1 Å². The number of hydrogen-bond donors (Lipinski definition) is 2. The maximum Gasteiger partial charge on any atom is 0.270 e. The summed E-state index contributed by atoms with van der Waals surface area (Å²) < 4.78 is 5.59. The number of anilines is 1. The van der Waals surface area contributed by atoms with Crippen molar-refractivity contribution in [1.82, 2.24) is 15.3 Å². The van der Waals surface area contributed by atoms with Crippen LogP contribution in [0.4, 0.5) is 5.82 Å². The Labute approximate surface area is 158 Å². The summed E-state index contributed by atoms with van der Waals surface area (Å²) in [6.45, 7) is 3.79. The average molecular weight is 375 g/mol. The highest BCUT2D eigenvalue weighted by molar-refractivity contribution is 6.30. The fourth-order valence-electron chi connectivity index (χ4n) is 2.90. The van der Waals surface area contributed by atoms with Gasteiger partial charge in [-0.25, -0.2) is 9.97 Å². The molecule has 2 N–H and O–H groups in total. The number of ether oxygens (including phenoxy) is 1. The molecule has 0 bridgehead atoms. The van der Waals surface area contributed by atoms with E-state index in [0.717, 1.165) is 25.0 Å². The summed E-state index contributed by atoms with van der Waals surface area (Å²) in [5, 5.41) is 6.83. The predicted octanol–water partition coefficient (Wildman–Crippen LogP) is 3.00. The third-order valence-electron chi connectivity index (χ3n) is 4.19. The number of nitrogens with one attached hydrogen (secondary N) is 2. The molecule has 0 radical (unpaired) electrons. The van der Waals surface area contributed by atoms with Crippen LogP contribution in [-0.4, -0.2) is 41.7 Å². The molecule has 1 aromatic carbocycles. The first kappa shape index (κ1) is 18.6. The number of carbonyl (C=O) groups excluding carboxylic acids is 1. The Kier molecular flexibility index (Phi) is 6.41. The molecule has 1 atom stereocenters. The van der Waals surface area contributed by atoms with Crippen LogP contribution in [0.25, 0.3) is 0 Å². The van der Waals surface area contributed by atoms with Crippen molar-refractivity contribution in [3.8, 4) is 0 Å². The quantitative estimate of drug-likeness (QED) is 0.779. The number of hydrogen-bond acceptors (Lipinski definition) is 5. The van der Waals surface area contributed by atoms with E-state index in [1.165, 1.54) is 0 Å². The number of benzene rings is 1. The smallest absolute Gasteiger partial charge is 0.270 e. The van der Waals surface area contributed by atoms with Crippen LogP contribution in [0, 0.1) is 6.92 Å². The van der Waals surface area contributed by atoms with Gasteiger partial charge < -0.3 is 15.4 Å². The molecule has 3 rings (SSSR count). The van der Waals surface area contributed by atoms with Crippen molar-refractivity contribution < 1.29 is 9.53 Å². The highest BCUT2D eigenvalue weighted by atomic mass is 35.5. The Bertz CT molecular complexity index is 763. The third kappa shape index (κ3) is 5.41. The lowest BCUT2D eigenvalue weighted by Gasteiger charge is -2.12. The first-order chi connectivity index (χ1) is 12.6. The van der Waals surface area contributed by atoms with Gasteiger partial charge in [0, 0.05) is 30.8 Å². The number of amides is 1. The van der Waals surface area contributed by atoms with Gasteiger partial charge in [0.1, 0.15) is 17.3 Å². The fraction of sp³-hybridized carbons (Fsp3) is 0.421. The van der Waals surface area contributed by atoms with Crippen LogP contribution in [-0.2, 0) is 11.2 Å². The second-order valence-corrected chi connectivity index (χ2v) is 6.77. The van der Waals surface area contributed by atoms with Crippen LogP contribution in [0.2, 0.25) is 5.02 Å². The van der Waals surface area contributed by atoms with Crippen LogP contribution in [0.5, 0.6) is 0 Å². The Morgan fingerprint density at radius 1 is 1.35 bits per heavy atom. The summed E-state index contributed by atoms with van der Waals surface area (Å²) in [5.74, 6) is 0.994. The van der Waals surface area contributed by atoms with E-state index in [4.69, 9.17) is 16.3 Å². The largest absolute Gasteiger partial charge is 0.376 e. The van der Waals surface area contributed by atoms with Crippen LogP contribution in [0.3, 0.4) is 0 Å². The summed E-state index contributed by atoms with van der Waals surface area (Å²) in [5.41, 5.74) is 1.44. The molecule has 1 aliphatic heterocycles. The zero-order valence-electron chi connectivity index (χ0n) is 14.8. The molecule has 0 aliphatic carbocycles. The number of aromatic nitrogens is 2. The minimum Gasteiger partial charge on any atom is -0.376 e. The number of nitrogens with zero attached hydrogens (tertiary/aromatic N) is 2. The van der Waals surface area contributed by atoms with Gasteiger partial charge >= 0.3 is 0 Å². The normalized spacial score (nSPS) is 16.5. The molecule has 1 fully saturated rings. The van der Waals surface area contributed by atoms with E-state index in [-0.39, 0.29) is 12.0 Å². The second-order valence-electron chi connectivity index (χ2n) is 6.34. The molecule has 0 spiro atoms. The maximum atomic E-state index is 12.4. The van der Waals surface area contributed by atoms with Gasteiger partial charge in [-0.2, -0.15) is 0 Å². The van der Waals surface area contributed by atoms with Gasteiger partial charge in [-0.1, -0.05) is 23.7 Å². The summed E-state index contributed by atoms with van der Waals surface area (Å²) in [6, 6.07) is 9.30. The Morgan fingerprint density at radius 3 is 3.00 bits per heavy atom. The predicted molar refractivity (Wildman–Crippen MR) is 102 cm³/mol. The van der Waals surface area contributed by atoms with Crippen molar-refractivity contribution in [3.05, 3.63) is 52.4 Å². The average Bonchev–Trinajstić information content (AvgIpc) is 3.13. The van der Waals surface area contributed by atoms with Crippen molar-refractivity contribution >= 4 is 23.3 Å². The number of aryl methyl sites for hydroxylation is 1. The van der Waals surface area contributed by atoms with Crippen molar-refractivity contribution in [2.75, 3.05) is 25.0 Å². The Balaban J connectivity index is 1.54. The van der Waals surface area contributed by atoms with Crippen LogP contribution in [0.15, 0.2) is 30.3 Å². The minimum absolute atomic E-state index is 0.209. The standard InChI is InChI=1S/C19H23ClN4O2/c1-13-23-17(11-18(24-13)22-12-16-6-3-9-26-16)19(25)21-8-7-14-4-2-5-15(20)10-14/h2,4-5,10-11,16H,3,6-9,12H2,1H3,(H,21,25)(H,22,23,24). The van der Waals surface area contributed by atoms with Gasteiger partial charge in [0.25, 0.3) is 5.91 Å². The summed E-state index contributed by atoms with van der Waals surface area (Å²) >= 11 is 5.97. The zero-order valence-corrected chi connectivity index (χ0v) is 15.6. The van der Waals surface area contributed by atoms with Gasteiger partial charge in [-0.05, 0) is 43.9 Å². The van der Waals surface area contributed by atoms with E-state index in [0.29, 0.717) is 41.9 Å². The Hall–Kier alpha value is -2.18. The SMILES string of the molecule is Cc1nc(NCC2CCCO2)cc(C(=O)NCCc2cccc(Cl)c2)n1. The molecule has 1 aromatic heterocycles. The molecule has 1 saturated heterocycles. The number of halogens is 1. The van der Waals surface area contributed by atoms with Crippen LogP contribution >= 0.6 is 11.6 Å². The first-order valence-electron chi connectivity index (χ1n) is 8.84. The summed E-state index contributed by atoms with van der Waals surface area (Å²) in [4.78, 5) is 21.0. The molecule has 138 valence electrons. The molecule has 0 saturated carbocycles.